The van der Waals surface area contributed by atoms with Crippen LogP contribution in [0.3, 0.4) is 0 Å². The largest absolute Gasteiger partial charge is 0.496 e. The van der Waals surface area contributed by atoms with E-state index in [1.807, 2.05) is 74.2 Å². The summed E-state index contributed by atoms with van der Waals surface area (Å²) >= 11 is 12.8. The number of nitrogens with zero attached hydrogens (tertiary/aromatic N) is 4. The van der Waals surface area contributed by atoms with Gasteiger partial charge in [-0.2, -0.15) is 0 Å². The van der Waals surface area contributed by atoms with E-state index in [1.165, 1.54) is 4.90 Å². The molecular formula is C34H36Cl2N4O4. The number of hydrogen-bond acceptors (Lipinski definition) is 5. The van der Waals surface area contributed by atoms with Crippen molar-refractivity contribution >= 4 is 41.2 Å². The first kappa shape index (κ1) is 31.6. The number of carbonyl (C=O) groups excluding carboxylic acids is 2. The van der Waals surface area contributed by atoms with E-state index < -0.39 is 6.04 Å². The van der Waals surface area contributed by atoms with Gasteiger partial charge in [0.25, 0.3) is 5.91 Å². The molecule has 2 aliphatic heterocycles. The molecule has 1 atom stereocenters. The molecule has 3 heterocycles. The summed E-state index contributed by atoms with van der Waals surface area (Å²) in [7, 11) is 1.65. The molecule has 10 heteroatoms. The number of aryl methyl sites for hydroxylation is 3. The summed E-state index contributed by atoms with van der Waals surface area (Å²) in [5.74, 6) is 1.27. The first-order valence-electron chi connectivity index (χ1n) is 14.4. The van der Waals surface area contributed by atoms with Crippen LogP contribution in [0.5, 0.6) is 5.75 Å². The molecule has 1 N–H and O–H groups in total. The summed E-state index contributed by atoms with van der Waals surface area (Å²) < 4.78 is 7.87. The maximum absolute atomic E-state index is 14.2. The molecule has 0 saturated carbocycles. The number of methoxy groups -OCH3 is 1. The topological polar surface area (TPSA) is 87.9 Å². The first-order valence-corrected chi connectivity index (χ1v) is 15.2. The Hall–Kier alpha value is -3.85. The third kappa shape index (κ3) is 5.82. The molecule has 0 aliphatic carbocycles. The van der Waals surface area contributed by atoms with Crippen molar-refractivity contribution in [2.45, 2.75) is 52.8 Å². The number of likely N-dealkylation sites (tertiary alicyclic amines) is 1. The van der Waals surface area contributed by atoms with Crippen molar-refractivity contribution in [3.63, 3.8) is 0 Å². The fraction of sp³-hybridized carbons (Fsp3) is 0.324. The Bertz CT molecular complexity index is 1730. The Morgan fingerprint density at radius 3 is 2.25 bits per heavy atom. The van der Waals surface area contributed by atoms with Gasteiger partial charge in [-0.1, -0.05) is 47.0 Å². The Kier molecular flexibility index (Phi) is 9.07. The van der Waals surface area contributed by atoms with Gasteiger partial charge in [-0.05, 0) is 87.7 Å². The fourth-order valence-corrected chi connectivity index (χ4v) is 6.22. The molecule has 1 unspecified atom stereocenters. The number of rotatable bonds is 6. The number of fused-ring (bicyclic) bond motifs is 1. The second-order valence-electron chi connectivity index (χ2n) is 11.6. The summed E-state index contributed by atoms with van der Waals surface area (Å²) in [4.78, 5) is 32.3. The Balaban J connectivity index is 0.000000484. The van der Waals surface area contributed by atoms with Gasteiger partial charge in [-0.3, -0.25) is 14.5 Å². The number of β-amino-alcohol motifs (C(OH)–C–C–N with tert-alkyl or cyclic N) is 1. The zero-order valence-electron chi connectivity index (χ0n) is 25.6. The highest BCUT2D eigenvalue weighted by molar-refractivity contribution is 6.31. The minimum absolute atomic E-state index is 0.0276. The lowest BCUT2D eigenvalue weighted by molar-refractivity contribution is -0.127. The molecule has 4 aromatic rings. The second-order valence-corrected chi connectivity index (χ2v) is 12.4. The standard InChI is InChI=1S/C30H29Cl2N3O2.C4H7NO2/c1-16(2)34-28-26(33-29(34)23-13-17(3)7-12-25(23)37-6)30(36)35(24-15-21(32)9-8-18(24)4)27(28)22-11-10-20(31)14-19(22)5;6-3-5-1-4(7)2-5/h7-16,27H,1-6H3;3-4,7H,1-2H2. The Morgan fingerprint density at radius 2 is 1.66 bits per heavy atom. The number of ether oxygens (including phenoxy) is 1. The van der Waals surface area contributed by atoms with Crippen LogP contribution in [0, 0.1) is 20.8 Å². The fourth-order valence-electron chi connectivity index (χ4n) is 5.82. The summed E-state index contributed by atoms with van der Waals surface area (Å²) in [6, 6.07) is 17.1. The normalized spacial score (nSPS) is 16.0. The minimum atomic E-state index is -0.406. The molecular weight excluding hydrogens is 599 g/mol. The SMILES string of the molecule is COc1ccc(C)cc1-c1nc2c(n1C(C)C)C(c1ccc(Cl)cc1C)N(c1cc(Cl)ccc1C)C2=O.O=CN1CC(O)C1. The lowest BCUT2D eigenvalue weighted by Gasteiger charge is -2.31. The van der Waals surface area contributed by atoms with Gasteiger partial charge in [0, 0.05) is 34.9 Å². The Labute approximate surface area is 267 Å². The van der Waals surface area contributed by atoms with Gasteiger partial charge in [-0.25, -0.2) is 4.98 Å². The molecule has 0 spiro atoms. The lowest BCUT2D eigenvalue weighted by Crippen LogP contribution is -2.49. The average molecular weight is 636 g/mol. The highest BCUT2D eigenvalue weighted by atomic mass is 35.5. The van der Waals surface area contributed by atoms with Gasteiger partial charge in [0.05, 0.1) is 24.5 Å². The van der Waals surface area contributed by atoms with Gasteiger partial charge in [-0.15, -0.1) is 0 Å². The number of aliphatic hydroxyl groups is 1. The van der Waals surface area contributed by atoms with Crippen LogP contribution in [-0.2, 0) is 4.79 Å². The van der Waals surface area contributed by atoms with Crippen molar-refractivity contribution < 1.29 is 19.4 Å². The van der Waals surface area contributed by atoms with Crippen molar-refractivity contribution in [2.24, 2.45) is 0 Å². The monoisotopic (exact) mass is 634 g/mol. The minimum Gasteiger partial charge on any atom is -0.496 e. The van der Waals surface area contributed by atoms with Crippen LogP contribution in [-0.4, -0.2) is 58.2 Å². The van der Waals surface area contributed by atoms with E-state index in [0.29, 0.717) is 40.4 Å². The van der Waals surface area contributed by atoms with Crippen molar-refractivity contribution in [3.05, 3.63) is 98.3 Å². The Morgan fingerprint density at radius 1 is 0.977 bits per heavy atom. The molecule has 8 nitrogen and oxygen atoms in total. The number of benzene rings is 3. The van der Waals surface area contributed by atoms with Gasteiger partial charge in [0.1, 0.15) is 17.6 Å². The average Bonchev–Trinajstić information content (AvgIpc) is 3.48. The van der Waals surface area contributed by atoms with Crippen LogP contribution in [0.4, 0.5) is 5.69 Å². The molecule has 1 aromatic heterocycles. The van der Waals surface area contributed by atoms with Crippen molar-refractivity contribution in [3.8, 4) is 17.1 Å². The van der Waals surface area contributed by atoms with Crippen molar-refractivity contribution in [1.29, 1.82) is 0 Å². The molecule has 1 fully saturated rings. The molecule has 0 bridgehead atoms. The van der Waals surface area contributed by atoms with E-state index in [1.54, 1.807) is 7.11 Å². The van der Waals surface area contributed by atoms with Crippen LogP contribution in [0.25, 0.3) is 11.4 Å². The molecule has 2 aliphatic rings. The van der Waals surface area contributed by atoms with E-state index in [-0.39, 0.29) is 18.1 Å². The molecule has 44 heavy (non-hydrogen) atoms. The van der Waals surface area contributed by atoms with Crippen LogP contribution in [0.2, 0.25) is 10.0 Å². The van der Waals surface area contributed by atoms with Crippen LogP contribution >= 0.6 is 23.2 Å². The molecule has 2 amide bonds. The third-order valence-electron chi connectivity index (χ3n) is 8.00. The first-order chi connectivity index (χ1) is 20.9. The molecule has 1 saturated heterocycles. The molecule has 3 aromatic carbocycles. The third-order valence-corrected chi connectivity index (χ3v) is 8.47. The number of anilines is 1. The van der Waals surface area contributed by atoms with E-state index in [2.05, 4.69) is 24.5 Å². The van der Waals surface area contributed by atoms with E-state index >= 15 is 0 Å². The zero-order chi connectivity index (χ0) is 31.9. The smallest absolute Gasteiger partial charge is 0.279 e. The maximum Gasteiger partial charge on any atom is 0.279 e. The van der Waals surface area contributed by atoms with Gasteiger partial charge >= 0.3 is 0 Å². The number of imidazole rings is 1. The predicted octanol–water partition coefficient (Wildman–Crippen LogP) is 6.94. The summed E-state index contributed by atoms with van der Waals surface area (Å²) in [6.45, 7) is 11.3. The van der Waals surface area contributed by atoms with Crippen LogP contribution < -0.4 is 9.64 Å². The molecule has 230 valence electrons. The highest BCUT2D eigenvalue weighted by Gasteiger charge is 2.45. The predicted molar refractivity (Wildman–Crippen MR) is 174 cm³/mol. The van der Waals surface area contributed by atoms with Crippen LogP contribution in [0.15, 0.2) is 54.6 Å². The second kappa shape index (κ2) is 12.6. The van der Waals surface area contributed by atoms with Gasteiger partial charge in [0.15, 0.2) is 5.69 Å². The highest BCUT2D eigenvalue weighted by Crippen LogP contribution is 2.47. The van der Waals surface area contributed by atoms with E-state index in [4.69, 9.17) is 38.0 Å². The molecule has 0 radical (unpaired) electrons. The zero-order valence-corrected chi connectivity index (χ0v) is 27.1. The lowest BCUT2D eigenvalue weighted by atomic mass is 9.97. The number of hydrogen-bond donors (Lipinski definition) is 1. The number of halogens is 2. The van der Waals surface area contributed by atoms with Crippen molar-refractivity contribution in [2.75, 3.05) is 25.1 Å². The molecule has 6 rings (SSSR count). The maximum atomic E-state index is 14.2. The number of aromatic nitrogens is 2. The van der Waals surface area contributed by atoms with Gasteiger partial charge in [0.2, 0.25) is 6.41 Å². The van der Waals surface area contributed by atoms with Gasteiger partial charge < -0.3 is 19.3 Å². The summed E-state index contributed by atoms with van der Waals surface area (Å²) in [5, 5.41) is 9.77. The number of aliphatic hydroxyl groups excluding tert-OH is 1. The number of carbonyl (C=O) groups is 2. The quantitative estimate of drug-likeness (QED) is 0.232. The number of amides is 2. The van der Waals surface area contributed by atoms with Crippen LogP contribution in [0.1, 0.15) is 64.4 Å². The van der Waals surface area contributed by atoms with Crippen molar-refractivity contribution in [1.82, 2.24) is 14.5 Å². The van der Waals surface area contributed by atoms with E-state index in [0.717, 1.165) is 45.6 Å². The summed E-state index contributed by atoms with van der Waals surface area (Å²) in [5.41, 5.74) is 6.93. The van der Waals surface area contributed by atoms with E-state index in [9.17, 15) is 9.59 Å². The summed E-state index contributed by atoms with van der Waals surface area (Å²) in [6.07, 6.45) is 0.484.